The molecule has 0 saturated carbocycles. The zero-order valence-electron chi connectivity index (χ0n) is 56.5. The molecule has 0 aliphatic rings. The fraction of sp³-hybridized carbons (Fsp3) is 0.922. The molecule has 0 spiro atoms. The van der Waals surface area contributed by atoms with Crippen LogP contribution in [0.15, 0.2) is 24.3 Å². The predicted molar refractivity (Wildman–Crippen MR) is 366 cm³/mol. The first kappa shape index (κ1) is 81.3. The van der Waals surface area contributed by atoms with E-state index >= 15 is 0 Å². The van der Waals surface area contributed by atoms with Crippen molar-refractivity contribution in [1.29, 1.82) is 0 Å². The van der Waals surface area contributed by atoms with Crippen LogP contribution in [0.1, 0.15) is 431 Å². The molecular formula is C77H149NO5. The summed E-state index contributed by atoms with van der Waals surface area (Å²) in [7, 11) is 0. The van der Waals surface area contributed by atoms with E-state index in [2.05, 4.69) is 43.5 Å². The van der Waals surface area contributed by atoms with Gasteiger partial charge in [-0.05, 0) is 57.8 Å². The molecule has 6 nitrogen and oxygen atoms in total. The van der Waals surface area contributed by atoms with Gasteiger partial charge in [0.1, 0.15) is 0 Å². The van der Waals surface area contributed by atoms with Crippen LogP contribution in [-0.2, 0) is 14.3 Å². The summed E-state index contributed by atoms with van der Waals surface area (Å²) in [6, 6.07) is -0.542. The van der Waals surface area contributed by atoms with E-state index in [0.717, 1.165) is 44.9 Å². The molecule has 492 valence electrons. The number of allylic oxidation sites excluding steroid dienone is 4. The molecule has 83 heavy (non-hydrogen) atoms. The van der Waals surface area contributed by atoms with Crippen LogP contribution in [0.4, 0.5) is 0 Å². The molecule has 0 aliphatic carbocycles. The number of amides is 1. The largest absolute Gasteiger partial charge is 0.466 e. The van der Waals surface area contributed by atoms with E-state index in [0.29, 0.717) is 25.9 Å². The highest BCUT2D eigenvalue weighted by Crippen LogP contribution is 2.20. The molecule has 0 aromatic carbocycles. The Bertz CT molecular complexity index is 1300. The molecule has 2 atom stereocenters. The van der Waals surface area contributed by atoms with Crippen LogP contribution in [-0.4, -0.2) is 47.4 Å². The average Bonchev–Trinajstić information content (AvgIpc) is 3.48. The van der Waals surface area contributed by atoms with E-state index in [-0.39, 0.29) is 18.5 Å². The lowest BCUT2D eigenvalue weighted by Gasteiger charge is -2.22. The highest BCUT2D eigenvalue weighted by atomic mass is 16.5. The Kier molecular flexibility index (Phi) is 71.4. The first-order chi connectivity index (χ1) is 41.0. The van der Waals surface area contributed by atoms with Crippen molar-refractivity contribution in [2.75, 3.05) is 13.2 Å². The van der Waals surface area contributed by atoms with Crippen molar-refractivity contribution in [3.05, 3.63) is 24.3 Å². The molecule has 0 aliphatic heterocycles. The molecule has 0 fully saturated rings. The van der Waals surface area contributed by atoms with Gasteiger partial charge in [0, 0.05) is 12.8 Å². The third-order valence-corrected chi connectivity index (χ3v) is 18.0. The number of aliphatic hydroxyl groups is 2. The zero-order valence-corrected chi connectivity index (χ0v) is 56.5. The summed E-state index contributed by atoms with van der Waals surface area (Å²) in [5.41, 5.74) is 0. The van der Waals surface area contributed by atoms with Crippen molar-refractivity contribution >= 4 is 11.9 Å². The first-order valence-electron chi connectivity index (χ1n) is 38.1. The van der Waals surface area contributed by atoms with Crippen LogP contribution in [0, 0.1) is 0 Å². The van der Waals surface area contributed by atoms with Crippen molar-refractivity contribution in [3.8, 4) is 0 Å². The second kappa shape index (κ2) is 72.8. The van der Waals surface area contributed by atoms with Crippen LogP contribution in [0.2, 0.25) is 0 Å². The number of ether oxygens (including phenoxy) is 1. The minimum Gasteiger partial charge on any atom is -0.466 e. The maximum Gasteiger partial charge on any atom is 0.305 e. The molecule has 0 radical (unpaired) electrons. The van der Waals surface area contributed by atoms with Gasteiger partial charge in [-0.25, -0.2) is 0 Å². The number of hydrogen-bond donors (Lipinski definition) is 3. The Balaban J connectivity index is 3.38. The fourth-order valence-electron chi connectivity index (χ4n) is 12.2. The number of esters is 1. The number of hydrogen-bond acceptors (Lipinski definition) is 5. The van der Waals surface area contributed by atoms with E-state index in [9.17, 15) is 19.8 Å². The van der Waals surface area contributed by atoms with Crippen molar-refractivity contribution in [3.63, 3.8) is 0 Å². The third-order valence-electron chi connectivity index (χ3n) is 18.0. The number of unbranched alkanes of at least 4 members (excludes halogenated alkanes) is 57. The summed E-state index contributed by atoms with van der Waals surface area (Å²) in [6.07, 6.45) is 92.5. The molecule has 0 bridgehead atoms. The summed E-state index contributed by atoms with van der Waals surface area (Å²) < 4.78 is 5.49. The van der Waals surface area contributed by atoms with Crippen LogP contribution in [0.3, 0.4) is 0 Å². The van der Waals surface area contributed by atoms with Gasteiger partial charge in [-0.15, -0.1) is 0 Å². The van der Waals surface area contributed by atoms with Gasteiger partial charge in [0.25, 0.3) is 0 Å². The van der Waals surface area contributed by atoms with Gasteiger partial charge >= 0.3 is 5.97 Å². The van der Waals surface area contributed by atoms with Gasteiger partial charge in [0.2, 0.25) is 5.91 Å². The number of carbonyl (C=O) groups excluding carboxylic acids is 2. The Morgan fingerprint density at radius 3 is 0.916 bits per heavy atom. The Morgan fingerprint density at radius 1 is 0.337 bits per heavy atom. The number of rotatable bonds is 72. The summed E-state index contributed by atoms with van der Waals surface area (Å²) in [5.74, 6) is -0.0130. The standard InChI is InChI=1S/C77H149NO5/c1-3-5-7-9-11-13-15-17-19-20-21-33-36-39-42-45-49-53-57-61-65-69-75(80)74(73-79)78-76(81)70-66-62-58-54-50-46-43-40-37-34-31-29-27-25-23-22-24-26-28-30-32-35-38-41-44-48-52-56-60-64-68-72-83-77(82)71-67-63-59-55-51-47-18-16-14-12-10-8-6-4-2/h24,26,30,32,74-75,79-80H,3-23,25,27-29,31,33-73H2,1-2H3,(H,78,81)/b26-24-,32-30-. The van der Waals surface area contributed by atoms with Crippen molar-refractivity contribution in [2.24, 2.45) is 0 Å². The predicted octanol–water partition coefficient (Wildman–Crippen LogP) is 24.9. The molecule has 0 rings (SSSR count). The van der Waals surface area contributed by atoms with E-state index in [4.69, 9.17) is 4.74 Å². The van der Waals surface area contributed by atoms with Crippen LogP contribution < -0.4 is 5.32 Å². The fourth-order valence-corrected chi connectivity index (χ4v) is 12.2. The monoisotopic (exact) mass is 1170 g/mol. The second-order valence-electron chi connectivity index (χ2n) is 26.3. The summed E-state index contributed by atoms with van der Waals surface area (Å²) in [5, 5.41) is 23.4. The quantitative estimate of drug-likeness (QED) is 0.0320. The molecule has 0 heterocycles. The Hall–Kier alpha value is -1.66. The second-order valence-corrected chi connectivity index (χ2v) is 26.3. The van der Waals surface area contributed by atoms with Crippen molar-refractivity contribution in [2.45, 2.75) is 443 Å². The van der Waals surface area contributed by atoms with Crippen LogP contribution in [0.25, 0.3) is 0 Å². The molecule has 1 amide bonds. The SMILES string of the molecule is CCCCCCCCCCCCCCCCCCCCCCCC(O)C(CO)NC(=O)CCCCCCCCCCCCCCCCC/C=C\C/C=C\CCCCCCCCCCCOC(=O)CCCCCCCCCCCCCCCC. The lowest BCUT2D eigenvalue weighted by Crippen LogP contribution is -2.45. The zero-order chi connectivity index (χ0) is 59.9. The molecular weight excluding hydrogens is 1020 g/mol. The highest BCUT2D eigenvalue weighted by Gasteiger charge is 2.20. The van der Waals surface area contributed by atoms with Gasteiger partial charge in [-0.1, -0.05) is 385 Å². The maximum absolute atomic E-state index is 12.6. The van der Waals surface area contributed by atoms with Crippen LogP contribution in [0.5, 0.6) is 0 Å². The Labute approximate surface area is 520 Å². The Morgan fingerprint density at radius 2 is 0.602 bits per heavy atom. The van der Waals surface area contributed by atoms with Crippen molar-refractivity contribution in [1.82, 2.24) is 5.32 Å². The molecule has 0 saturated heterocycles. The summed E-state index contributed by atoms with van der Waals surface area (Å²) in [4.78, 5) is 24.6. The molecule has 3 N–H and O–H groups in total. The normalized spacial score (nSPS) is 12.6. The minimum absolute atomic E-state index is 0.0164. The molecule has 0 aromatic rings. The topological polar surface area (TPSA) is 95.9 Å². The summed E-state index contributed by atoms with van der Waals surface area (Å²) >= 11 is 0. The van der Waals surface area contributed by atoms with Gasteiger partial charge in [-0.2, -0.15) is 0 Å². The van der Waals surface area contributed by atoms with E-state index in [1.807, 2.05) is 0 Å². The van der Waals surface area contributed by atoms with E-state index < -0.39 is 12.1 Å². The lowest BCUT2D eigenvalue weighted by atomic mass is 10.0. The van der Waals surface area contributed by atoms with Crippen LogP contribution >= 0.6 is 0 Å². The van der Waals surface area contributed by atoms with Gasteiger partial charge in [0.05, 0.1) is 25.4 Å². The summed E-state index contributed by atoms with van der Waals surface area (Å²) in [6.45, 7) is 5.00. The third kappa shape index (κ3) is 69.3. The van der Waals surface area contributed by atoms with Gasteiger partial charge in [0.15, 0.2) is 0 Å². The highest BCUT2D eigenvalue weighted by molar-refractivity contribution is 5.76. The van der Waals surface area contributed by atoms with Crippen molar-refractivity contribution < 1.29 is 24.5 Å². The van der Waals surface area contributed by atoms with Gasteiger partial charge in [-0.3, -0.25) is 9.59 Å². The van der Waals surface area contributed by atoms with E-state index in [1.165, 1.54) is 353 Å². The molecule has 2 unspecified atom stereocenters. The number of carbonyl (C=O) groups is 2. The smallest absolute Gasteiger partial charge is 0.305 e. The molecule has 0 aromatic heterocycles. The maximum atomic E-state index is 12.6. The first-order valence-corrected chi connectivity index (χ1v) is 38.1. The number of aliphatic hydroxyl groups excluding tert-OH is 2. The average molecular weight is 1170 g/mol. The van der Waals surface area contributed by atoms with Gasteiger partial charge < -0.3 is 20.3 Å². The molecule has 6 heteroatoms. The lowest BCUT2D eigenvalue weighted by molar-refractivity contribution is -0.143. The number of nitrogens with one attached hydrogen (secondary N) is 1. The minimum atomic E-state index is -0.665. The van der Waals surface area contributed by atoms with E-state index in [1.54, 1.807) is 0 Å².